The number of carbonyl (C=O) groups is 2. The lowest BCUT2D eigenvalue weighted by molar-refractivity contribution is -0.118. The Balaban J connectivity index is 1.38. The number of hydrogen-bond donors (Lipinski definition) is 1. The lowest BCUT2D eigenvalue weighted by atomic mass is 10.1. The molecule has 1 N–H and O–H groups in total. The highest BCUT2D eigenvalue weighted by Crippen LogP contribution is 2.32. The summed E-state index contributed by atoms with van der Waals surface area (Å²) in [6, 6.07) is 16.9. The molecule has 1 aromatic heterocycles. The Labute approximate surface area is 167 Å². The molecule has 5 nitrogen and oxygen atoms in total. The number of benzene rings is 2. The number of nitrogens with zero attached hydrogens (tertiary/aromatic N) is 1. The molecular formula is C22H20N2O3S. The van der Waals surface area contributed by atoms with Crippen LogP contribution in [0.15, 0.2) is 60.0 Å². The number of thiophene rings is 1. The number of rotatable bonds is 5. The second kappa shape index (κ2) is 7.86. The molecule has 4 rings (SSSR count). The van der Waals surface area contributed by atoms with Gasteiger partial charge >= 0.3 is 0 Å². The van der Waals surface area contributed by atoms with E-state index in [1.165, 1.54) is 11.3 Å². The zero-order valence-corrected chi connectivity index (χ0v) is 16.3. The lowest BCUT2D eigenvalue weighted by Crippen LogP contribution is -2.28. The number of hydrogen-bond acceptors (Lipinski definition) is 4. The summed E-state index contributed by atoms with van der Waals surface area (Å²) in [5.74, 6) is 0.472. The molecule has 28 heavy (non-hydrogen) atoms. The van der Waals surface area contributed by atoms with Crippen LogP contribution in [0, 0.1) is 6.92 Å². The molecular weight excluding hydrogens is 372 g/mol. The van der Waals surface area contributed by atoms with E-state index in [1.54, 1.807) is 4.90 Å². The van der Waals surface area contributed by atoms with Crippen molar-refractivity contribution in [3.8, 4) is 5.75 Å². The molecule has 0 saturated heterocycles. The van der Waals surface area contributed by atoms with Crippen LogP contribution in [0.4, 0.5) is 11.4 Å². The number of nitrogens with one attached hydrogen (secondary N) is 1. The van der Waals surface area contributed by atoms with Gasteiger partial charge in [0.1, 0.15) is 5.75 Å². The van der Waals surface area contributed by atoms with Gasteiger partial charge < -0.3 is 15.0 Å². The van der Waals surface area contributed by atoms with E-state index in [0.29, 0.717) is 18.0 Å². The minimum absolute atomic E-state index is 0.0250. The first kappa shape index (κ1) is 18.3. The summed E-state index contributed by atoms with van der Waals surface area (Å²) < 4.78 is 5.51. The maximum atomic E-state index is 12.6. The third-order valence-electron chi connectivity index (χ3n) is 4.63. The van der Waals surface area contributed by atoms with Gasteiger partial charge in [-0.2, -0.15) is 0 Å². The summed E-state index contributed by atoms with van der Waals surface area (Å²) in [4.78, 5) is 27.3. The first-order valence-electron chi connectivity index (χ1n) is 9.08. The Hall–Kier alpha value is -3.12. The molecule has 142 valence electrons. The van der Waals surface area contributed by atoms with Crippen molar-refractivity contribution in [1.82, 2.24) is 0 Å². The number of carbonyl (C=O) groups excluding carboxylic acids is 2. The molecule has 2 amide bonds. The average molecular weight is 392 g/mol. The number of fused-ring (bicyclic) bond motifs is 1. The molecule has 3 aromatic rings. The predicted molar refractivity (Wildman–Crippen MR) is 111 cm³/mol. The van der Waals surface area contributed by atoms with Crippen molar-refractivity contribution in [3.05, 3.63) is 76.0 Å². The predicted octanol–water partition coefficient (Wildman–Crippen LogP) is 4.28. The van der Waals surface area contributed by atoms with Crippen molar-refractivity contribution in [2.45, 2.75) is 13.3 Å². The Morgan fingerprint density at radius 3 is 2.71 bits per heavy atom. The Morgan fingerprint density at radius 1 is 1.14 bits per heavy atom. The Bertz CT molecular complexity index is 997. The fourth-order valence-electron chi connectivity index (χ4n) is 3.20. The SMILES string of the molecule is Cc1ccc(OCC(=O)Nc2ccc3c(c2)CCN3C(=O)c2cccs2)cc1. The van der Waals surface area contributed by atoms with Crippen LogP contribution in [-0.4, -0.2) is 25.0 Å². The Kier molecular flexibility index (Phi) is 5.12. The van der Waals surface area contributed by atoms with Gasteiger partial charge in [0.05, 0.1) is 4.88 Å². The summed E-state index contributed by atoms with van der Waals surface area (Å²) >= 11 is 1.45. The van der Waals surface area contributed by atoms with Crippen molar-refractivity contribution >= 4 is 34.5 Å². The van der Waals surface area contributed by atoms with E-state index in [9.17, 15) is 9.59 Å². The molecule has 2 aromatic carbocycles. The van der Waals surface area contributed by atoms with Gasteiger partial charge in [0.2, 0.25) is 0 Å². The summed E-state index contributed by atoms with van der Waals surface area (Å²) in [5, 5.41) is 4.76. The maximum absolute atomic E-state index is 12.6. The van der Waals surface area contributed by atoms with Crippen LogP contribution >= 0.6 is 11.3 Å². The van der Waals surface area contributed by atoms with Gasteiger partial charge in [0.25, 0.3) is 11.8 Å². The molecule has 0 spiro atoms. The summed E-state index contributed by atoms with van der Waals surface area (Å²) in [6.07, 6.45) is 0.774. The number of amides is 2. The third-order valence-corrected chi connectivity index (χ3v) is 5.48. The summed E-state index contributed by atoms with van der Waals surface area (Å²) in [6.45, 7) is 2.60. The van der Waals surface area contributed by atoms with E-state index < -0.39 is 0 Å². The zero-order chi connectivity index (χ0) is 19.5. The fourth-order valence-corrected chi connectivity index (χ4v) is 3.88. The molecule has 0 unspecified atom stereocenters. The highest BCUT2D eigenvalue weighted by Gasteiger charge is 2.26. The molecule has 0 atom stereocenters. The minimum atomic E-state index is -0.218. The van der Waals surface area contributed by atoms with Crippen molar-refractivity contribution < 1.29 is 14.3 Å². The van der Waals surface area contributed by atoms with Gasteiger partial charge in [-0.3, -0.25) is 9.59 Å². The standard InChI is InChI=1S/C22H20N2O3S/c1-15-4-7-18(8-5-15)27-14-21(25)23-17-6-9-19-16(13-17)10-11-24(19)22(26)20-3-2-12-28-20/h2-9,12-13H,10-11,14H2,1H3,(H,23,25). The van der Waals surface area contributed by atoms with Crippen LogP contribution < -0.4 is 15.0 Å². The van der Waals surface area contributed by atoms with E-state index in [4.69, 9.17) is 4.74 Å². The first-order chi connectivity index (χ1) is 13.6. The molecule has 2 heterocycles. The van der Waals surface area contributed by atoms with E-state index in [2.05, 4.69) is 5.32 Å². The van der Waals surface area contributed by atoms with Crippen LogP contribution in [0.2, 0.25) is 0 Å². The maximum Gasteiger partial charge on any atom is 0.268 e. The minimum Gasteiger partial charge on any atom is -0.484 e. The normalized spacial score (nSPS) is 12.5. The zero-order valence-electron chi connectivity index (χ0n) is 15.5. The molecule has 0 radical (unpaired) electrons. The fraction of sp³-hybridized carbons (Fsp3) is 0.182. The van der Waals surface area contributed by atoms with Crippen molar-refractivity contribution in [2.75, 3.05) is 23.4 Å². The van der Waals surface area contributed by atoms with Gasteiger partial charge in [-0.05, 0) is 60.7 Å². The van der Waals surface area contributed by atoms with Gasteiger partial charge in [-0.1, -0.05) is 23.8 Å². The monoisotopic (exact) mass is 392 g/mol. The van der Waals surface area contributed by atoms with Crippen LogP contribution in [0.5, 0.6) is 5.75 Å². The van der Waals surface area contributed by atoms with Crippen LogP contribution in [0.3, 0.4) is 0 Å². The van der Waals surface area contributed by atoms with Gasteiger partial charge in [0.15, 0.2) is 6.61 Å². The van der Waals surface area contributed by atoms with Gasteiger partial charge in [-0.15, -0.1) is 11.3 Å². The number of aryl methyl sites for hydroxylation is 1. The molecule has 1 aliphatic heterocycles. The number of ether oxygens (including phenoxy) is 1. The topological polar surface area (TPSA) is 58.6 Å². The molecule has 0 aliphatic carbocycles. The average Bonchev–Trinajstić information content (AvgIpc) is 3.37. The lowest BCUT2D eigenvalue weighted by Gasteiger charge is -2.16. The second-order valence-electron chi connectivity index (χ2n) is 6.68. The largest absolute Gasteiger partial charge is 0.484 e. The van der Waals surface area contributed by atoms with Gasteiger partial charge in [0, 0.05) is 17.9 Å². The van der Waals surface area contributed by atoms with E-state index >= 15 is 0 Å². The molecule has 0 fully saturated rings. The van der Waals surface area contributed by atoms with Crippen molar-refractivity contribution in [1.29, 1.82) is 0 Å². The van der Waals surface area contributed by atoms with Crippen LogP contribution in [-0.2, 0) is 11.2 Å². The van der Waals surface area contributed by atoms with Gasteiger partial charge in [-0.25, -0.2) is 0 Å². The second-order valence-corrected chi connectivity index (χ2v) is 7.63. The van der Waals surface area contributed by atoms with Crippen LogP contribution in [0.1, 0.15) is 20.8 Å². The summed E-state index contributed by atoms with van der Waals surface area (Å²) in [5.41, 5.74) is 3.82. The van der Waals surface area contributed by atoms with E-state index in [1.807, 2.05) is 66.9 Å². The molecule has 6 heteroatoms. The van der Waals surface area contributed by atoms with Crippen molar-refractivity contribution in [2.24, 2.45) is 0 Å². The quantitative estimate of drug-likeness (QED) is 0.705. The molecule has 0 bridgehead atoms. The highest BCUT2D eigenvalue weighted by molar-refractivity contribution is 7.12. The van der Waals surface area contributed by atoms with Crippen LogP contribution in [0.25, 0.3) is 0 Å². The van der Waals surface area contributed by atoms with Crippen molar-refractivity contribution in [3.63, 3.8) is 0 Å². The third kappa shape index (κ3) is 3.92. The first-order valence-corrected chi connectivity index (χ1v) is 9.96. The molecule has 0 saturated carbocycles. The van der Waals surface area contributed by atoms with E-state index in [-0.39, 0.29) is 18.4 Å². The smallest absolute Gasteiger partial charge is 0.268 e. The Morgan fingerprint density at radius 2 is 1.96 bits per heavy atom. The highest BCUT2D eigenvalue weighted by atomic mass is 32.1. The van der Waals surface area contributed by atoms with E-state index in [0.717, 1.165) is 28.1 Å². The summed E-state index contributed by atoms with van der Waals surface area (Å²) in [7, 11) is 0. The molecule has 1 aliphatic rings. The number of anilines is 2.